The van der Waals surface area contributed by atoms with Crippen LogP contribution < -0.4 is 4.74 Å². The van der Waals surface area contributed by atoms with Crippen molar-refractivity contribution in [2.75, 3.05) is 18.1 Å². The van der Waals surface area contributed by atoms with Gasteiger partial charge in [-0.1, -0.05) is 51.7 Å². The van der Waals surface area contributed by atoms with Gasteiger partial charge in [0.2, 0.25) is 0 Å². The highest BCUT2D eigenvalue weighted by molar-refractivity contribution is 8.16. The summed E-state index contributed by atoms with van der Waals surface area (Å²) in [5.74, 6) is 4.60. The van der Waals surface area contributed by atoms with E-state index < -0.39 is 0 Å². The summed E-state index contributed by atoms with van der Waals surface area (Å²) < 4.78 is 6.42. The van der Waals surface area contributed by atoms with Crippen molar-refractivity contribution in [1.29, 1.82) is 0 Å². The molecule has 1 fully saturated rings. The van der Waals surface area contributed by atoms with Crippen molar-refractivity contribution in [1.82, 2.24) is 0 Å². The Bertz CT molecular complexity index is 396. The molecule has 1 nitrogen and oxygen atoms in total. The monoisotopic (exact) mass is 338 g/mol. The van der Waals surface area contributed by atoms with E-state index in [4.69, 9.17) is 4.74 Å². The Morgan fingerprint density at radius 2 is 1.64 bits per heavy atom. The first-order chi connectivity index (χ1) is 10.8. The molecule has 0 spiro atoms. The molecule has 1 saturated heterocycles. The number of hydrogen-bond acceptors (Lipinski definition) is 3. The maximum Gasteiger partial charge on any atom is 0.119 e. The van der Waals surface area contributed by atoms with Gasteiger partial charge in [-0.25, -0.2) is 0 Å². The first kappa shape index (κ1) is 18.1. The van der Waals surface area contributed by atoms with Crippen molar-refractivity contribution in [3.8, 4) is 5.75 Å². The standard InChI is InChI=1S/C19H30OS2/c1-3-5-7-13-20-18-11-9-17(10-12-18)19-21-14-16(15-22-19)8-6-4-2/h9-12,16,19H,3-8,13-15H2,1-2H3. The second-order valence-corrected chi connectivity index (χ2v) is 8.71. The summed E-state index contributed by atoms with van der Waals surface area (Å²) in [6.07, 6.45) is 7.79. The van der Waals surface area contributed by atoms with Crippen LogP contribution in [0.2, 0.25) is 0 Å². The Hall–Kier alpha value is -0.280. The molecular formula is C19H30OS2. The van der Waals surface area contributed by atoms with Crippen molar-refractivity contribution in [2.45, 2.75) is 57.0 Å². The summed E-state index contributed by atoms with van der Waals surface area (Å²) >= 11 is 4.25. The molecule has 22 heavy (non-hydrogen) atoms. The summed E-state index contributed by atoms with van der Waals surface area (Å²) in [6, 6.07) is 8.80. The summed E-state index contributed by atoms with van der Waals surface area (Å²) in [5.41, 5.74) is 1.45. The largest absolute Gasteiger partial charge is 0.494 e. The van der Waals surface area contributed by atoms with Crippen LogP contribution in [0.25, 0.3) is 0 Å². The smallest absolute Gasteiger partial charge is 0.119 e. The van der Waals surface area contributed by atoms with Crippen LogP contribution in [-0.2, 0) is 0 Å². The molecule has 1 aliphatic heterocycles. The summed E-state index contributed by atoms with van der Waals surface area (Å²) in [5, 5.41) is 0. The van der Waals surface area contributed by atoms with E-state index in [1.807, 2.05) is 0 Å². The molecule has 0 atom stereocenters. The zero-order valence-corrected chi connectivity index (χ0v) is 15.7. The van der Waals surface area contributed by atoms with Gasteiger partial charge in [0.15, 0.2) is 0 Å². The Labute approximate surface area is 145 Å². The highest BCUT2D eigenvalue weighted by Crippen LogP contribution is 2.46. The third-order valence-corrected chi connectivity index (χ3v) is 7.40. The molecule has 0 aliphatic carbocycles. The minimum absolute atomic E-state index is 0.618. The van der Waals surface area contributed by atoms with Gasteiger partial charge in [-0.2, -0.15) is 0 Å². The van der Waals surface area contributed by atoms with Gasteiger partial charge in [-0.15, -0.1) is 23.5 Å². The lowest BCUT2D eigenvalue weighted by Crippen LogP contribution is -2.14. The fourth-order valence-electron chi connectivity index (χ4n) is 2.66. The normalized spacial score (nSPS) is 21.7. The summed E-state index contributed by atoms with van der Waals surface area (Å²) in [7, 11) is 0. The molecule has 0 bridgehead atoms. The fourth-order valence-corrected chi connectivity index (χ4v) is 5.83. The molecule has 0 amide bonds. The van der Waals surface area contributed by atoms with Gasteiger partial charge in [-0.05, 0) is 48.0 Å². The number of benzene rings is 1. The zero-order valence-electron chi connectivity index (χ0n) is 14.1. The molecule has 0 radical (unpaired) electrons. The molecule has 1 heterocycles. The molecule has 0 aromatic heterocycles. The van der Waals surface area contributed by atoms with Gasteiger partial charge in [0, 0.05) is 0 Å². The topological polar surface area (TPSA) is 9.23 Å². The molecule has 1 aromatic carbocycles. The second kappa shape index (κ2) is 10.5. The van der Waals surface area contributed by atoms with Gasteiger partial charge in [0.05, 0.1) is 11.2 Å². The third kappa shape index (κ3) is 6.08. The van der Waals surface area contributed by atoms with Crippen LogP contribution in [0, 0.1) is 5.92 Å². The second-order valence-electron chi connectivity index (χ2n) is 6.13. The van der Waals surface area contributed by atoms with Gasteiger partial charge in [0.25, 0.3) is 0 Å². The molecule has 0 unspecified atom stereocenters. The molecule has 3 heteroatoms. The fraction of sp³-hybridized carbons (Fsp3) is 0.684. The maximum atomic E-state index is 5.80. The van der Waals surface area contributed by atoms with Gasteiger partial charge < -0.3 is 4.74 Å². The predicted octanol–water partition coefficient (Wildman–Crippen LogP) is 6.54. The lowest BCUT2D eigenvalue weighted by molar-refractivity contribution is 0.306. The van der Waals surface area contributed by atoms with Crippen LogP contribution in [0.3, 0.4) is 0 Å². The van der Waals surface area contributed by atoms with Crippen LogP contribution in [0.5, 0.6) is 5.75 Å². The maximum absolute atomic E-state index is 5.80. The van der Waals surface area contributed by atoms with E-state index >= 15 is 0 Å². The minimum atomic E-state index is 0.618. The summed E-state index contributed by atoms with van der Waals surface area (Å²) in [4.78, 5) is 0. The summed E-state index contributed by atoms with van der Waals surface area (Å²) in [6.45, 7) is 5.36. The number of rotatable bonds is 9. The lowest BCUT2D eigenvalue weighted by Gasteiger charge is -2.28. The van der Waals surface area contributed by atoms with Crippen molar-refractivity contribution in [3.63, 3.8) is 0 Å². The average Bonchev–Trinajstić information content (AvgIpc) is 2.58. The van der Waals surface area contributed by atoms with E-state index in [9.17, 15) is 0 Å². The Balaban J connectivity index is 1.74. The number of ether oxygens (including phenoxy) is 1. The van der Waals surface area contributed by atoms with Crippen LogP contribution in [0.15, 0.2) is 24.3 Å². The average molecular weight is 339 g/mol. The van der Waals surface area contributed by atoms with E-state index in [0.29, 0.717) is 4.58 Å². The molecule has 0 N–H and O–H groups in total. The number of hydrogen-bond donors (Lipinski definition) is 0. The molecule has 0 saturated carbocycles. The van der Waals surface area contributed by atoms with Crippen LogP contribution >= 0.6 is 23.5 Å². The van der Waals surface area contributed by atoms with Crippen molar-refractivity contribution >= 4 is 23.5 Å². The van der Waals surface area contributed by atoms with Crippen molar-refractivity contribution in [3.05, 3.63) is 29.8 Å². The van der Waals surface area contributed by atoms with E-state index in [1.165, 1.54) is 49.2 Å². The Morgan fingerprint density at radius 3 is 2.27 bits per heavy atom. The molecular weight excluding hydrogens is 308 g/mol. The molecule has 2 rings (SSSR count). The minimum Gasteiger partial charge on any atom is -0.494 e. The highest BCUT2D eigenvalue weighted by atomic mass is 32.2. The SMILES string of the molecule is CCCCCOc1ccc(C2SCC(CCCC)CS2)cc1. The number of unbranched alkanes of at least 4 members (excludes halogenated alkanes) is 3. The highest BCUT2D eigenvalue weighted by Gasteiger charge is 2.22. The molecule has 1 aliphatic rings. The first-order valence-electron chi connectivity index (χ1n) is 8.79. The van der Waals surface area contributed by atoms with E-state index in [0.717, 1.165) is 24.7 Å². The van der Waals surface area contributed by atoms with E-state index in [2.05, 4.69) is 61.6 Å². The van der Waals surface area contributed by atoms with Crippen molar-refractivity contribution in [2.24, 2.45) is 5.92 Å². The van der Waals surface area contributed by atoms with Crippen LogP contribution in [-0.4, -0.2) is 18.1 Å². The van der Waals surface area contributed by atoms with Crippen molar-refractivity contribution < 1.29 is 4.74 Å². The van der Waals surface area contributed by atoms with Gasteiger partial charge in [0.1, 0.15) is 5.75 Å². The van der Waals surface area contributed by atoms with E-state index in [-0.39, 0.29) is 0 Å². The third-order valence-electron chi connectivity index (χ3n) is 4.10. The number of thioether (sulfide) groups is 2. The Morgan fingerprint density at radius 1 is 0.955 bits per heavy atom. The quantitative estimate of drug-likeness (QED) is 0.473. The Kier molecular flexibility index (Phi) is 8.61. The predicted molar refractivity (Wildman–Crippen MR) is 102 cm³/mol. The van der Waals surface area contributed by atoms with Crippen LogP contribution in [0.4, 0.5) is 0 Å². The first-order valence-corrected chi connectivity index (χ1v) is 10.9. The molecule has 124 valence electrons. The van der Waals surface area contributed by atoms with Gasteiger partial charge >= 0.3 is 0 Å². The lowest BCUT2D eigenvalue weighted by atomic mass is 10.1. The zero-order chi connectivity index (χ0) is 15.6. The van der Waals surface area contributed by atoms with Crippen LogP contribution in [0.1, 0.15) is 62.5 Å². The van der Waals surface area contributed by atoms with Gasteiger partial charge in [-0.3, -0.25) is 0 Å². The molecule has 1 aromatic rings. The van der Waals surface area contributed by atoms with E-state index in [1.54, 1.807) is 0 Å².